The van der Waals surface area contributed by atoms with Crippen LogP contribution in [0.15, 0.2) is 16.7 Å². The highest BCUT2D eigenvalue weighted by Crippen LogP contribution is 2.28. The third kappa shape index (κ3) is 2.35. The molecule has 4 heteroatoms. The molecule has 1 aromatic rings. The molecule has 100 valence electrons. The number of hydrogen-bond acceptors (Lipinski definition) is 1. The van der Waals surface area contributed by atoms with Crippen molar-refractivity contribution in [1.29, 1.82) is 0 Å². The number of halogens is 1. The molecule has 1 amide bonds. The van der Waals surface area contributed by atoms with Crippen LogP contribution in [0.3, 0.4) is 0 Å². The van der Waals surface area contributed by atoms with Crippen LogP contribution >= 0.6 is 15.9 Å². The highest BCUT2D eigenvalue weighted by atomic mass is 79.9. The minimum Gasteiger partial charge on any atom is -0.343 e. The van der Waals surface area contributed by atoms with E-state index in [2.05, 4.69) is 41.6 Å². The van der Waals surface area contributed by atoms with E-state index in [1.807, 2.05) is 16.8 Å². The van der Waals surface area contributed by atoms with Crippen LogP contribution in [0.25, 0.3) is 0 Å². The lowest BCUT2D eigenvalue weighted by atomic mass is 10.1. The number of likely N-dealkylation sites (tertiary alicyclic amines) is 1. The highest BCUT2D eigenvalue weighted by Gasteiger charge is 2.34. The van der Waals surface area contributed by atoms with Gasteiger partial charge in [-0.2, -0.15) is 0 Å². The maximum atomic E-state index is 12.7. The van der Waals surface area contributed by atoms with Gasteiger partial charge in [0, 0.05) is 29.3 Å². The molecule has 2 unspecified atom stereocenters. The fraction of sp³-hybridized carbons (Fsp3) is 0.643. The maximum Gasteiger partial charge on any atom is 0.271 e. The van der Waals surface area contributed by atoms with Crippen molar-refractivity contribution in [3.63, 3.8) is 0 Å². The zero-order chi connectivity index (χ0) is 13.3. The first kappa shape index (κ1) is 13.7. The van der Waals surface area contributed by atoms with Gasteiger partial charge in [0.05, 0.1) is 0 Å². The van der Waals surface area contributed by atoms with Gasteiger partial charge in [-0.05, 0) is 55.1 Å². The van der Waals surface area contributed by atoms with Crippen molar-refractivity contribution in [1.82, 2.24) is 9.47 Å². The molecule has 1 fully saturated rings. The van der Waals surface area contributed by atoms with E-state index >= 15 is 0 Å². The van der Waals surface area contributed by atoms with Crippen molar-refractivity contribution in [3.05, 3.63) is 22.4 Å². The van der Waals surface area contributed by atoms with Gasteiger partial charge < -0.3 is 9.47 Å². The molecule has 0 aromatic carbocycles. The smallest absolute Gasteiger partial charge is 0.271 e. The van der Waals surface area contributed by atoms with E-state index < -0.39 is 0 Å². The average molecular weight is 313 g/mol. The first-order valence-electron chi connectivity index (χ1n) is 6.76. The Balaban J connectivity index is 2.29. The molecule has 1 aliphatic heterocycles. The number of aromatic nitrogens is 1. The number of rotatable bonds is 3. The SMILES string of the molecule is CCC1CCC(C)N1C(=O)c1cc(Br)cn1CC. The molecular weight excluding hydrogens is 292 g/mol. The number of carbonyl (C=O) groups excluding carboxylic acids is 1. The normalized spacial score (nSPS) is 23.7. The Morgan fingerprint density at radius 3 is 2.78 bits per heavy atom. The number of amides is 1. The lowest BCUT2D eigenvalue weighted by molar-refractivity contribution is 0.0665. The van der Waals surface area contributed by atoms with Crippen LogP contribution in [-0.4, -0.2) is 27.5 Å². The second kappa shape index (κ2) is 5.47. The van der Waals surface area contributed by atoms with Crippen molar-refractivity contribution in [2.75, 3.05) is 0 Å². The lowest BCUT2D eigenvalue weighted by Crippen LogP contribution is -2.40. The summed E-state index contributed by atoms with van der Waals surface area (Å²) in [4.78, 5) is 14.8. The third-order valence-electron chi connectivity index (χ3n) is 3.91. The Kier molecular flexibility index (Phi) is 4.15. The van der Waals surface area contributed by atoms with Crippen molar-refractivity contribution >= 4 is 21.8 Å². The second-order valence-corrected chi connectivity index (χ2v) is 5.95. The van der Waals surface area contributed by atoms with Gasteiger partial charge in [0.2, 0.25) is 0 Å². The summed E-state index contributed by atoms with van der Waals surface area (Å²) in [5, 5.41) is 0. The Morgan fingerprint density at radius 1 is 1.44 bits per heavy atom. The molecule has 2 heterocycles. The van der Waals surface area contributed by atoms with Crippen molar-refractivity contribution < 1.29 is 4.79 Å². The van der Waals surface area contributed by atoms with Crippen LogP contribution < -0.4 is 0 Å². The average Bonchev–Trinajstić information content (AvgIpc) is 2.91. The summed E-state index contributed by atoms with van der Waals surface area (Å²) in [6, 6.07) is 2.71. The van der Waals surface area contributed by atoms with Crippen LogP contribution in [0.5, 0.6) is 0 Å². The topological polar surface area (TPSA) is 25.2 Å². The largest absolute Gasteiger partial charge is 0.343 e. The fourth-order valence-corrected chi connectivity index (χ4v) is 3.35. The number of carbonyl (C=O) groups is 1. The van der Waals surface area contributed by atoms with Gasteiger partial charge in [-0.1, -0.05) is 6.92 Å². The molecule has 0 bridgehead atoms. The number of aryl methyl sites for hydroxylation is 1. The van der Waals surface area contributed by atoms with Crippen molar-refractivity contribution in [2.45, 2.75) is 58.7 Å². The van der Waals surface area contributed by atoms with E-state index in [1.165, 1.54) is 0 Å². The summed E-state index contributed by atoms with van der Waals surface area (Å²) in [6.07, 6.45) is 5.29. The van der Waals surface area contributed by atoms with Crippen LogP contribution in [0.1, 0.15) is 50.5 Å². The standard InChI is InChI=1S/C14H21BrN2O/c1-4-12-7-6-10(3)17(12)14(18)13-8-11(15)9-16(13)5-2/h8-10,12H,4-7H2,1-3H3. The van der Waals surface area contributed by atoms with Gasteiger partial charge in [-0.15, -0.1) is 0 Å². The summed E-state index contributed by atoms with van der Waals surface area (Å²) >= 11 is 3.46. The fourth-order valence-electron chi connectivity index (χ4n) is 2.89. The van der Waals surface area contributed by atoms with Gasteiger partial charge in [0.15, 0.2) is 0 Å². The molecular formula is C14H21BrN2O. The number of nitrogens with zero attached hydrogens (tertiary/aromatic N) is 2. The molecule has 2 atom stereocenters. The summed E-state index contributed by atoms with van der Waals surface area (Å²) < 4.78 is 3.00. The van der Waals surface area contributed by atoms with Gasteiger partial charge in [0.1, 0.15) is 5.69 Å². The van der Waals surface area contributed by atoms with Crippen molar-refractivity contribution in [3.8, 4) is 0 Å². The number of hydrogen-bond donors (Lipinski definition) is 0. The Morgan fingerprint density at radius 2 is 2.17 bits per heavy atom. The third-order valence-corrected chi connectivity index (χ3v) is 4.35. The molecule has 3 nitrogen and oxygen atoms in total. The maximum absolute atomic E-state index is 12.7. The Bertz CT molecular complexity index is 441. The molecule has 0 spiro atoms. The first-order valence-corrected chi connectivity index (χ1v) is 7.56. The minimum atomic E-state index is 0.180. The molecule has 0 aliphatic carbocycles. The van der Waals surface area contributed by atoms with Gasteiger partial charge in [-0.3, -0.25) is 4.79 Å². The molecule has 1 saturated heterocycles. The molecule has 18 heavy (non-hydrogen) atoms. The summed E-state index contributed by atoms with van der Waals surface area (Å²) in [6.45, 7) is 7.21. The van der Waals surface area contributed by atoms with Crippen LogP contribution in [0.4, 0.5) is 0 Å². The van der Waals surface area contributed by atoms with Crippen LogP contribution in [0, 0.1) is 0 Å². The van der Waals surface area contributed by atoms with E-state index in [0.717, 1.165) is 36.0 Å². The van der Waals surface area contributed by atoms with Gasteiger partial charge in [-0.25, -0.2) is 0 Å². The lowest BCUT2D eigenvalue weighted by Gasteiger charge is -2.28. The van der Waals surface area contributed by atoms with Crippen LogP contribution in [0.2, 0.25) is 0 Å². The quantitative estimate of drug-likeness (QED) is 0.836. The summed E-state index contributed by atoms with van der Waals surface area (Å²) in [5.41, 5.74) is 0.802. The monoisotopic (exact) mass is 312 g/mol. The molecule has 1 aromatic heterocycles. The Labute approximate surface area is 117 Å². The molecule has 0 radical (unpaired) electrons. The molecule has 2 rings (SSSR count). The minimum absolute atomic E-state index is 0.180. The van der Waals surface area contributed by atoms with Gasteiger partial charge >= 0.3 is 0 Å². The Hall–Kier alpha value is -0.770. The molecule has 1 aliphatic rings. The zero-order valence-electron chi connectivity index (χ0n) is 11.3. The van der Waals surface area contributed by atoms with E-state index in [0.29, 0.717) is 12.1 Å². The van der Waals surface area contributed by atoms with E-state index in [4.69, 9.17) is 0 Å². The van der Waals surface area contributed by atoms with Gasteiger partial charge in [0.25, 0.3) is 5.91 Å². The molecule has 0 N–H and O–H groups in total. The van der Waals surface area contributed by atoms with E-state index in [1.54, 1.807) is 0 Å². The van der Waals surface area contributed by atoms with E-state index in [9.17, 15) is 4.79 Å². The summed E-state index contributed by atoms with van der Waals surface area (Å²) in [5.74, 6) is 0.180. The predicted octanol–water partition coefficient (Wildman–Crippen LogP) is 3.67. The zero-order valence-corrected chi connectivity index (χ0v) is 12.9. The van der Waals surface area contributed by atoms with Crippen LogP contribution in [-0.2, 0) is 6.54 Å². The summed E-state index contributed by atoms with van der Waals surface area (Å²) in [7, 11) is 0. The predicted molar refractivity (Wildman–Crippen MR) is 76.8 cm³/mol. The highest BCUT2D eigenvalue weighted by molar-refractivity contribution is 9.10. The second-order valence-electron chi connectivity index (χ2n) is 5.03. The first-order chi connectivity index (χ1) is 8.58. The van der Waals surface area contributed by atoms with E-state index in [-0.39, 0.29) is 5.91 Å². The molecule has 0 saturated carbocycles. The van der Waals surface area contributed by atoms with Crippen molar-refractivity contribution in [2.24, 2.45) is 0 Å².